The van der Waals surface area contributed by atoms with Crippen LogP contribution in [0, 0.1) is 6.92 Å². The summed E-state index contributed by atoms with van der Waals surface area (Å²) in [7, 11) is 0. The van der Waals surface area contributed by atoms with Crippen molar-refractivity contribution in [1.29, 1.82) is 0 Å². The normalized spacial score (nSPS) is 23.0. The fourth-order valence-electron chi connectivity index (χ4n) is 2.85. The van der Waals surface area contributed by atoms with Gasteiger partial charge in [-0.2, -0.15) is 0 Å². The Balaban J connectivity index is 1.93. The van der Waals surface area contributed by atoms with Crippen molar-refractivity contribution >= 4 is 33.4 Å². The maximum Gasteiger partial charge on any atom is 0.316 e. The summed E-state index contributed by atoms with van der Waals surface area (Å²) in [5, 5.41) is 3.28. The minimum Gasteiger partial charge on any atom is -0.327 e. The maximum atomic E-state index is 12.3. The van der Waals surface area contributed by atoms with Crippen molar-refractivity contribution in [2.45, 2.75) is 13.0 Å². The smallest absolute Gasteiger partial charge is 0.316 e. The van der Waals surface area contributed by atoms with Crippen molar-refractivity contribution in [3.05, 3.63) is 28.2 Å². The number of hydrogen-bond donors (Lipinski definition) is 1. The van der Waals surface area contributed by atoms with Crippen LogP contribution in [0.4, 0.5) is 5.69 Å². The number of nitrogens with zero attached hydrogens (tertiary/aromatic N) is 2. The van der Waals surface area contributed by atoms with Gasteiger partial charge in [0.25, 0.3) is 0 Å². The van der Waals surface area contributed by atoms with Crippen LogP contribution in [0.25, 0.3) is 0 Å². The number of aryl methyl sites for hydroxylation is 1. The molecule has 106 valence electrons. The largest absolute Gasteiger partial charge is 0.327 e. The van der Waals surface area contributed by atoms with E-state index in [4.69, 9.17) is 0 Å². The van der Waals surface area contributed by atoms with Gasteiger partial charge < -0.3 is 15.1 Å². The lowest BCUT2D eigenvalue weighted by Gasteiger charge is -2.43. The first-order chi connectivity index (χ1) is 9.58. The number of benzene rings is 1. The van der Waals surface area contributed by atoms with Gasteiger partial charge in [-0.25, -0.2) is 0 Å². The molecule has 5 nitrogen and oxygen atoms in total. The number of carbonyl (C=O) groups excluding carboxylic acids is 2. The van der Waals surface area contributed by atoms with E-state index in [9.17, 15) is 9.59 Å². The van der Waals surface area contributed by atoms with Gasteiger partial charge >= 0.3 is 11.8 Å². The molecule has 6 heteroatoms. The number of fused-ring (bicyclic) bond motifs is 1. The third-order valence-corrected chi connectivity index (χ3v) is 4.38. The minimum absolute atomic E-state index is 0.0667. The second kappa shape index (κ2) is 5.18. The van der Waals surface area contributed by atoms with Gasteiger partial charge in [0.2, 0.25) is 0 Å². The number of hydrogen-bond acceptors (Lipinski definition) is 3. The molecule has 0 radical (unpaired) electrons. The van der Waals surface area contributed by atoms with Crippen LogP contribution in [-0.4, -0.2) is 48.9 Å². The van der Waals surface area contributed by atoms with Gasteiger partial charge in [-0.1, -0.05) is 15.9 Å². The van der Waals surface area contributed by atoms with Gasteiger partial charge in [-0.05, 0) is 30.7 Å². The van der Waals surface area contributed by atoms with Crippen LogP contribution in [0.5, 0.6) is 0 Å². The Hall–Kier alpha value is -1.40. The highest BCUT2D eigenvalue weighted by atomic mass is 79.9. The Labute approximate surface area is 126 Å². The average molecular weight is 338 g/mol. The van der Waals surface area contributed by atoms with E-state index in [0.29, 0.717) is 13.1 Å². The molecule has 2 heterocycles. The van der Waals surface area contributed by atoms with Crippen molar-refractivity contribution in [2.75, 3.05) is 31.1 Å². The summed E-state index contributed by atoms with van der Waals surface area (Å²) in [6.07, 6.45) is 0. The summed E-state index contributed by atoms with van der Waals surface area (Å²) in [4.78, 5) is 27.8. The van der Waals surface area contributed by atoms with Crippen LogP contribution < -0.4 is 10.2 Å². The van der Waals surface area contributed by atoms with E-state index in [-0.39, 0.29) is 11.9 Å². The van der Waals surface area contributed by atoms with Gasteiger partial charge in [-0.15, -0.1) is 0 Å². The van der Waals surface area contributed by atoms with Gasteiger partial charge in [0.05, 0.1) is 6.04 Å². The zero-order valence-corrected chi connectivity index (χ0v) is 12.8. The first kappa shape index (κ1) is 13.6. The number of anilines is 1. The first-order valence-electron chi connectivity index (χ1n) is 6.67. The topological polar surface area (TPSA) is 52.6 Å². The van der Waals surface area contributed by atoms with E-state index in [1.165, 1.54) is 0 Å². The monoisotopic (exact) mass is 337 g/mol. The van der Waals surface area contributed by atoms with Crippen molar-refractivity contribution in [3.8, 4) is 0 Å². The lowest BCUT2D eigenvalue weighted by atomic mass is 10.1. The molecule has 1 atom stereocenters. The second-order valence-electron chi connectivity index (χ2n) is 5.20. The molecule has 0 bridgehead atoms. The van der Waals surface area contributed by atoms with Crippen molar-refractivity contribution in [3.63, 3.8) is 0 Å². The van der Waals surface area contributed by atoms with E-state index in [2.05, 4.69) is 21.2 Å². The first-order valence-corrected chi connectivity index (χ1v) is 7.46. The lowest BCUT2D eigenvalue weighted by molar-refractivity contribution is -0.149. The van der Waals surface area contributed by atoms with Gasteiger partial charge in [0.15, 0.2) is 0 Å². The molecular formula is C14H16BrN3O2. The van der Waals surface area contributed by atoms with Crippen LogP contribution >= 0.6 is 15.9 Å². The maximum absolute atomic E-state index is 12.3. The molecule has 2 fully saturated rings. The summed E-state index contributed by atoms with van der Waals surface area (Å²) in [6, 6.07) is 5.80. The summed E-state index contributed by atoms with van der Waals surface area (Å²) in [6.45, 7) is 4.61. The predicted octanol–water partition coefficient (Wildman–Crippen LogP) is 0.905. The SMILES string of the molecule is Cc1cc(Br)ccc1N1CC2CNCCN2C(=O)C1=O. The van der Waals surface area contributed by atoms with Crippen molar-refractivity contribution in [2.24, 2.45) is 0 Å². The second-order valence-corrected chi connectivity index (χ2v) is 6.12. The number of amides is 2. The summed E-state index contributed by atoms with van der Waals surface area (Å²) < 4.78 is 0.968. The molecule has 0 spiro atoms. The highest BCUT2D eigenvalue weighted by Crippen LogP contribution is 2.27. The van der Waals surface area contributed by atoms with E-state index in [1.54, 1.807) is 9.80 Å². The molecule has 1 unspecified atom stereocenters. The summed E-state index contributed by atoms with van der Waals surface area (Å²) in [5.74, 6) is -0.807. The van der Waals surface area contributed by atoms with E-state index in [0.717, 1.165) is 28.8 Å². The Morgan fingerprint density at radius 1 is 1.30 bits per heavy atom. The molecule has 2 aliphatic rings. The molecule has 1 N–H and O–H groups in total. The molecule has 20 heavy (non-hydrogen) atoms. The molecule has 0 aromatic heterocycles. The van der Waals surface area contributed by atoms with Crippen LogP contribution in [0.2, 0.25) is 0 Å². The summed E-state index contributed by atoms with van der Waals surface area (Å²) in [5.41, 5.74) is 1.80. The van der Waals surface area contributed by atoms with Crippen LogP contribution in [0.1, 0.15) is 5.56 Å². The third-order valence-electron chi connectivity index (χ3n) is 3.88. The molecule has 3 rings (SSSR count). The standard InChI is InChI=1S/C14H16BrN3O2/c1-9-6-10(15)2-3-12(9)18-8-11-7-16-4-5-17(11)13(19)14(18)20/h2-3,6,11,16H,4-5,7-8H2,1H3. The predicted molar refractivity (Wildman–Crippen MR) is 79.6 cm³/mol. The highest BCUT2D eigenvalue weighted by Gasteiger charge is 2.40. The van der Waals surface area contributed by atoms with Crippen molar-refractivity contribution < 1.29 is 9.59 Å². The Morgan fingerprint density at radius 2 is 2.10 bits per heavy atom. The fourth-order valence-corrected chi connectivity index (χ4v) is 3.33. The Morgan fingerprint density at radius 3 is 2.85 bits per heavy atom. The highest BCUT2D eigenvalue weighted by molar-refractivity contribution is 9.10. The molecule has 1 aromatic carbocycles. The molecule has 0 aliphatic carbocycles. The van der Waals surface area contributed by atoms with Gasteiger partial charge in [0, 0.05) is 36.3 Å². The minimum atomic E-state index is -0.423. The van der Waals surface area contributed by atoms with Crippen LogP contribution in [0.15, 0.2) is 22.7 Å². The summed E-state index contributed by atoms with van der Waals surface area (Å²) >= 11 is 3.41. The number of piperazine rings is 2. The number of carbonyl (C=O) groups is 2. The number of rotatable bonds is 1. The average Bonchev–Trinajstić information content (AvgIpc) is 2.43. The van der Waals surface area contributed by atoms with E-state index >= 15 is 0 Å². The molecule has 1 aromatic rings. The Kier molecular flexibility index (Phi) is 3.52. The molecule has 2 amide bonds. The molecular weight excluding hydrogens is 322 g/mol. The fraction of sp³-hybridized carbons (Fsp3) is 0.429. The zero-order valence-electron chi connectivity index (χ0n) is 11.2. The molecule has 2 saturated heterocycles. The van der Waals surface area contributed by atoms with E-state index < -0.39 is 5.91 Å². The van der Waals surface area contributed by atoms with Crippen LogP contribution in [-0.2, 0) is 9.59 Å². The Bertz CT molecular complexity index is 576. The van der Waals surface area contributed by atoms with E-state index in [1.807, 2.05) is 25.1 Å². The molecule has 2 aliphatic heterocycles. The quantitative estimate of drug-likeness (QED) is 0.775. The number of nitrogens with one attached hydrogen (secondary N) is 1. The third kappa shape index (κ3) is 2.23. The zero-order chi connectivity index (χ0) is 14.3. The lowest BCUT2D eigenvalue weighted by Crippen LogP contribution is -2.66. The van der Waals surface area contributed by atoms with Gasteiger partial charge in [0.1, 0.15) is 0 Å². The molecule has 0 saturated carbocycles. The van der Waals surface area contributed by atoms with Gasteiger partial charge in [-0.3, -0.25) is 9.59 Å². The van der Waals surface area contributed by atoms with Crippen molar-refractivity contribution in [1.82, 2.24) is 10.2 Å². The van der Waals surface area contributed by atoms with Crippen LogP contribution in [0.3, 0.4) is 0 Å². The number of halogens is 1.